The van der Waals surface area contributed by atoms with Crippen LogP contribution in [0, 0.1) is 11.8 Å². The van der Waals surface area contributed by atoms with Gasteiger partial charge in [0.2, 0.25) is 0 Å². The van der Waals surface area contributed by atoms with Gasteiger partial charge in [-0.15, -0.1) is 0 Å². The molecule has 1 heterocycles. The summed E-state index contributed by atoms with van der Waals surface area (Å²) in [5.74, 6) is 0.975. The number of ether oxygens (including phenoxy) is 1. The van der Waals surface area contributed by atoms with Crippen LogP contribution in [-0.2, 0) is 9.53 Å². The van der Waals surface area contributed by atoms with Crippen LogP contribution in [0.1, 0.15) is 46.5 Å². The lowest BCUT2D eigenvalue weighted by Gasteiger charge is -2.51. The minimum absolute atomic E-state index is 0.0281. The highest BCUT2D eigenvalue weighted by Gasteiger charge is 2.53. The summed E-state index contributed by atoms with van der Waals surface area (Å²) >= 11 is 0. The summed E-state index contributed by atoms with van der Waals surface area (Å²) in [4.78, 5) is 15.3. The van der Waals surface area contributed by atoms with Crippen LogP contribution >= 0.6 is 0 Å². The first-order valence-electron chi connectivity index (χ1n) is 8.26. The van der Waals surface area contributed by atoms with E-state index in [-0.39, 0.29) is 11.5 Å². The Bertz CT molecular complexity index is 326. The van der Waals surface area contributed by atoms with E-state index in [2.05, 4.69) is 24.1 Å². The molecule has 20 heavy (non-hydrogen) atoms. The van der Waals surface area contributed by atoms with Gasteiger partial charge in [0.15, 0.2) is 0 Å². The SMILES string of the molecule is CCOC(=O)C1(N2CCNCC2)CCCCC1C(C)C. The van der Waals surface area contributed by atoms with Crippen molar-refractivity contribution in [1.82, 2.24) is 10.2 Å². The molecule has 1 aliphatic heterocycles. The van der Waals surface area contributed by atoms with Crippen LogP contribution in [-0.4, -0.2) is 49.2 Å². The van der Waals surface area contributed by atoms with E-state index in [1.54, 1.807) is 0 Å². The van der Waals surface area contributed by atoms with E-state index in [1.807, 2.05) is 6.92 Å². The van der Waals surface area contributed by atoms with Gasteiger partial charge < -0.3 is 10.1 Å². The molecule has 0 bridgehead atoms. The Balaban J connectivity index is 2.31. The van der Waals surface area contributed by atoms with Crippen molar-refractivity contribution in [3.8, 4) is 0 Å². The standard InChI is InChI=1S/C16H30N2O2/c1-4-20-15(19)16(18-11-9-17-10-12-18)8-6-5-7-14(16)13(2)3/h13-14,17H,4-12H2,1-3H3. The lowest BCUT2D eigenvalue weighted by molar-refractivity contribution is -0.168. The molecule has 0 radical (unpaired) electrons. The highest BCUT2D eigenvalue weighted by atomic mass is 16.5. The van der Waals surface area contributed by atoms with Gasteiger partial charge in [-0.25, -0.2) is 0 Å². The zero-order valence-corrected chi connectivity index (χ0v) is 13.3. The normalized spacial score (nSPS) is 32.3. The molecule has 2 atom stereocenters. The van der Waals surface area contributed by atoms with Crippen molar-refractivity contribution in [2.45, 2.75) is 52.0 Å². The number of nitrogens with one attached hydrogen (secondary N) is 1. The molecule has 2 fully saturated rings. The summed E-state index contributed by atoms with van der Waals surface area (Å²) in [5, 5.41) is 3.39. The molecule has 4 heteroatoms. The second-order valence-corrected chi connectivity index (χ2v) is 6.48. The molecule has 0 amide bonds. The zero-order valence-electron chi connectivity index (χ0n) is 13.3. The molecule has 0 aromatic carbocycles. The molecule has 4 nitrogen and oxygen atoms in total. The van der Waals surface area contributed by atoms with Gasteiger partial charge >= 0.3 is 5.97 Å². The molecule has 1 aliphatic carbocycles. The van der Waals surface area contributed by atoms with Crippen LogP contribution in [0.5, 0.6) is 0 Å². The van der Waals surface area contributed by atoms with Crippen molar-refractivity contribution in [1.29, 1.82) is 0 Å². The summed E-state index contributed by atoms with van der Waals surface area (Å²) in [7, 11) is 0. The summed E-state index contributed by atoms with van der Waals surface area (Å²) in [6, 6.07) is 0. The van der Waals surface area contributed by atoms with Gasteiger partial charge in [0, 0.05) is 26.2 Å². The molecule has 1 saturated carbocycles. The molecule has 1 saturated heterocycles. The second kappa shape index (κ2) is 6.90. The highest BCUT2D eigenvalue weighted by Crippen LogP contribution is 2.43. The number of carbonyl (C=O) groups is 1. The summed E-state index contributed by atoms with van der Waals surface area (Å²) in [6.45, 7) is 10.8. The summed E-state index contributed by atoms with van der Waals surface area (Å²) in [6.07, 6.45) is 4.51. The summed E-state index contributed by atoms with van der Waals surface area (Å²) in [5.41, 5.74) is -0.371. The maximum Gasteiger partial charge on any atom is 0.326 e. The van der Waals surface area contributed by atoms with Crippen LogP contribution in [0.15, 0.2) is 0 Å². The first kappa shape index (κ1) is 15.8. The van der Waals surface area contributed by atoms with Crippen molar-refractivity contribution in [2.24, 2.45) is 11.8 Å². The van der Waals surface area contributed by atoms with Gasteiger partial charge in [0.25, 0.3) is 0 Å². The highest BCUT2D eigenvalue weighted by molar-refractivity contribution is 5.81. The third-order valence-corrected chi connectivity index (χ3v) is 5.05. The van der Waals surface area contributed by atoms with E-state index in [0.29, 0.717) is 18.4 Å². The van der Waals surface area contributed by atoms with E-state index < -0.39 is 0 Å². The quantitative estimate of drug-likeness (QED) is 0.801. The van der Waals surface area contributed by atoms with Crippen LogP contribution in [0.4, 0.5) is 0 Å². The van der Waals surface area contributed by atoms with Crippen molar-refractivity contribution in [3.63, 3.8) is 0 Å². The minimum Gasteiger partial charge on any atom is -0.465 e. The Kier molecular flexibility index (Phi) is 5.44. The number of hydrogen-bond donors (Lipinski definition) is 1. The molecule has 0 aromatic rings. The Morgan fingerprint density at radius 2 is 2.05 bits per heavy atom. The van der Waals surface area contributed by atoms with E-state index in [1.165, 1.54) is 6.42 Å². The fraction of sp³-hybridized carbons (Fsp3) is 0.938. The van der Waals surface area contributed by atoms with E-state index in [4.69, 9.17) is 4.74 Å². The van der Waals surface area contributed by atoms with Gasteiger partial charge in [0.05, 0.1) is 6.61 Å². The van der Waals surface area contributed by atoms with Crippen LogP contribution < -0.4 is 5.32 Å². The van der Waals surface area contributed by atoms with Crippen LogP contribution in [0.3, 0.4) is 0 Å². The first-order chi connectivity index (χ1) is 9.63. The molecular formula is C16H30N2O2. The third-order valence-electron chi connectivity index (χ3n) is 5.05. The predicted octanol–water partition coefficient (Wildman–Crippen LogP) is 2.04. The van der Waals surface area contributed by atoms with Gasteiger partial charge in [-0.2, -0.15) is 0 Å². The molecule has 0 aromatic heterocycles. The predicted molar refractivity (Wildman–Crippen MR) is 80.6 cm³/mol. The maximum absolute atomic E-state index is 12.8. The largest absolute Gasteiger partial charge is 0.465 e. The fourth-order valence-electron chi connectivity index (χ4n) is 4.16. The zero-order chi connectivity index (χ0) is 14.6. The molecule has 0 spiro atoms. The Hall–Kier alpha value is -0.610. The smallest absolute Gasteiger partial charge is 0.326 e. The van der Waals surface area contributed by atoms with Gasteiger partial charge in [-0.05, 0) is 31.6 Å². The molecule has 2 rings (SSSR count). The van der Waals surface area contributed by atoms with E-state index >= 15 is 0 Å². The topological polar surface area (TPSA) is 41.6 Å². The molecular weight excluding hydrogens is 252 g/mol. The van der Waals surface area contributed by atoms with E-state index in [9.17, 15) is 4.79 Å². The van der Waals surface area contributed by atoms with Crippen LogP contribution in [0.2, 0.25) is 0 Å². The first-order valence-corrected chi connectivity index (χ1v) is 8.26. The number of piperazine rings is 1. The van der Waals surface area contributed by atoms with Crippen molar-refractivity contribution < 1.29 is 9.53 Å². The molecule has 1 N–H and O–H groups in total. The molecule has 2 unspecified atom stereocenters. The number of hydrogen-bond acceptors (Lipinski definition) is 4. The second-order valence-electron chi connectivity index (χ2n) is 6.48. The average Bonchev–Trinajstić information content (AvgIpc) is 2.48. The number of nitrogens with zero attached hydrogens (tertiary/aromatic N) is 1. The Labute approximate surface area is 123 Å². The number of esters is 1. The lowest BCUT2D eigenvalue weighted by atomic mass is 9.66. The maximum atomic E-state index is 12.8. The van der Waals surface area contributed by atoms with Crippen LogP contribution in [0.25, 0.3) is 0 Å². The van der Waals surface area contributed by atoms with Gasteiger partial charge in [-0.3, -0.25) is 9.69 Å². The third kappa shape index (κ3) is 2.86. The van der Waals surface area contributed by atoms with Crippen molar-refractivity contribution in [3.05, 3.63) is 0 Å². The number of rotatable bonds is 4. The van der Waals surface area contributed by atoms with Gasteiger partial charge in [-0.1, -0.05) is 26.7 Å². The van der Waals surface area contributed by atoms with Crippen molar-refractivity contribution >= 4 is 5.97 Å². The van der Waals surface area contributed by atoms with E-state index in [0.717, 1.165) is 45.4 Å². The summed E-state index contributed by atoms with van der Waals surface area (Å²) < 4.78 is 5.52. The fourth-order valence-corrected chi connectivity index (χ4v) is 4.16. The minimum atomic E-state index is -0.371. The Morgan fingerprint density at radius 1 is 1.35 bits per heavy atom. The monoisotopic (exact) mass is 282 g/mol. The van der Waals surface area contributed by atoms with Crippen molar-refractivity contribution in [2.75, 3.05) is 32.8 Å². The van der Waals surface area contributed by atoms with Gasteiger partial charge in [0.1, 0.15) is 5.54 Å². The number of carbonyl (C=O) groups excluding carboxylic acids is 1. The Morgan fingerprint density at radius 3 is 2.65 bits per heavy atom. The molecule has 116 valence electrons. The molecule has 2 aliphatic rings. The average molecular weight is 282 g/mol. The lowest BCUT2D eigenvalue weighted by Crippen LogP contribution is -2.66.